The van der Waals surface area contributed by atoms with Crippen LogP contribution in [0, 0.1) is 0 Å². The molecule has 2 heterocycles. The summed E-state index contributed by atoms with van der Waals surface area (Å²) in [6, 6.07) is 6.80. The lowest BCUT2D eigenvalue weighted by Crippen LogP contribution is -2.48. The Morgan fingerprint density at radius 3 is 2.50 bits per heavy atom. The van der Waals surface area contributed by atoms with Gasteiger partial charge in [-0.1, -0.05) is 12.1 Å². The number of amides is 2. The third kappa shape index (κ3) is 3.13. The second-order valence-electron chi connectivity index (χ2n) is 5.66. The minimum atomic E-state index is -0.481. The molecule has 1 N–H and O–H groups in total. The van der Waals surface area contributed by atoms with E-state index in [-0.39, 0.29) is 11.8 Å². The van der Waals surface area contributed by atoms with E-state index in [4.69, 9.17) is 9.47 Å². The minimum Gasteiger partial charge on any atom is -0.347 e. The highest BCUT2D eigenvalue weighted by Gasteiger charge is 2.40. The van der Waals surface area contributed by atoms with Crippen LogP contribution in [0.4, 0.5) is 10.5 Å². The number of likely N-dealkylation sites (tertiary alicyclic amines) is 1. The molecule has 2 fully saturated rings. The second kappa shape index (κ2) is 6.06. The van der Waals surface area contributed by atoms with E-state index in [1.165, 1.54) is 6.92 Å². The monoisotopic (exact) mass is 304 g/mol. The van der Waals surface area contributed by atoms with Gasteiger partial charge in [0.2, 0.25) is 0 Å². The first-order valence-corrected chi connectivity index (χ1v) is 7.53. The number of hydrogen-bond donors (Lipinski definition) is 1. The van der Waals surface area contributed by atoms with E-state index in [1.807, 2.05) is 0 Å². The van der Waals surface area contributed by atoms with Gasteiger partial charge in [0.1, 0.15) is 0 Å². The Morgan fingerprint density at radius 1 is 1.18 bits per heavy atom. The Labute approximate surface area is 129 Å². The molecule has 118 valence electrons. The summed E-state index contributed by atoms with van der Waals surface area (Å²) >= 11 is 0. The Morgan fingerprint density at radius 2 is 1.86 bits per heavy atom. The lowest BCUT2D eigenvalue weighted by molar-refractivity contribution is -0.181. The van der Waals surface area contributed by atoms with E-state index in [0.717, 1.165) is 0 Å². The summed E-state index contributed by atoms with van der Waals surface area (Å²) in [4.78, 5) is 25.4. The molecule has 0 bridgehead atoms. The molecule has 0 aliphatic carbocycles. The smallest absolute Gasteiger partial charge is 0.321 e. The number of anilines is 1. The summed E-state index contributed by atoms with van der Waals surface area (Å²) in [5, 5.41) is 2.84. The Kier molecular flexibility index (Phi) is 4.13. The number of benzene rings is 1. The molecular weight excluding hydrogens is 284 g/mol. The van der Waals surface area contributed by atoms with Crippen LogP contribution in [0.15, 0.2) is 24.3 Å². The van der Waals surface area contributed by atoms with Gasteiger partial charge in [-0.25, -0.2) is 4.79 Å². The van der Waals surface area contributed by atoms with E-state index < -0.39 is 5.79 Å². The molecule has 0 aromatic heterocycles. The lowest BCUT2D eigenvalue weighted by Gasteiger charge is -2.37. The van der Waals surface area contributed by atoms with Crippen molar-refractivity contribution in [2.75, 3.05) is 31.6 Å². The summed E-state index contributed by atoms with van der Waals surface area (Å²) < 4.78 is 11.3. The highest BCUT2D eigenvalue weighted by molar-refractivity contribution is 5.96. The average Bonchev–Trinajstić information content (AvgIpc) is 2.96. The van der Waals surface area contributed by atoms with Crippen LogP contribution in [-0.2, 0) is 9.47 Å². The van der Waals surface area contributed by atoms with Crippen LogP contribution in [0.5, 0.6) is 0 Å². The van der Waals surface area contributed by atoms with Crippen LogP contribution in [0.25, 0.3) is 0 Å². The number of nitrogens with zero attached hydrogens (tertiary/aromatic N) is 1. The van der Waals surface area contributed by atoms with Gasteiger partial charge in [0.15, 0.2) is 11.6 Å². The van der Waals surface area contributed by atoms with Gasteiger partial charge in [0.05, 0.1) is 13.2 Å². The molecule has 6 heteroatoms. The Balaban J connectivity index is 1.58. The van der Waals surface area contributed by atoms with Gasteiger partial charge in [-0.2, -0.15) is 0 Å². The van der Waals surface area contributed by atoms with Crippen LogP contribution in [-0.4, -0.2) is 48.8 Å². The largest absolute Gasteiger partial charge is 0.347 e. The highest BCUT2D eigenvalue weighted by atomic mass is 16.7. The molecule has 22 heavy (non-hydrogen) atoms. The number of rotatable bonds is 2. The third-order valence-electron chi connectivity index (χ3n) is 4.15. The van der Waals surface area contributed by atoms with Crippen LogP contribution in [0.1, 0.15) is 30.1 Å². The molecule has 2 aliphatic heterocycles. The molecule has 0 unspecified atom stereocenters. The number of nitrogens with one attached hydrogen (secondary N) is 1. The summed E-state index contributed by atoms with van der Waals surface area (Å²) in [7, 11) is 0. The molecule has 0 saturated carbocycles. The molecule has 2 aliphatic rings. The van der Waals surface area contributed by atoms with Crippen LogP contribution < -0.4 is 5.32 Å². The van der Waals surface area contributed by atoms with Crippen LogP contribution in [0.2, 0.25) is 0 Å². The van der Waals surface area contributed by atoms with Gasteiger partial charge in [-0.3, -0.25) is 4.79 Å². The molecule has 0 atom stereocenters. The van der Waals surface area contributed by atoms with Crippen molar-refractivity contribution in [2.45, 2.75) is 25.6 Å². The fourth-order valence-electron chi connectivity index (χ4n) is 2.85. The van der Waals surface area contributed by atoms with E-state index in [1.54, 1.807) is 29.2 Å². The molecule has 1 aromatic rings. The van der Waals surface area contributed by atoms with Gasteiger partial charge in [-0.15, -0.1) is 0 Å². The molecule has 1 spiro atoms. The fourth-order valence-corrected chi connectivity index (χ4v) is 2.85. The van der Waals surface area contributed by atoms with Gasteiger partial charge < -0.3 is 19.7 Å². The molecule has 1 aromatic carbocycles. The predicted molar refractivity (Wildman–Crippen MR) is 80.9 cm³/mol. The van der Waals surface area contributed by atoms with E-state index >= 15 is 0 Å². The second-order valence-corrected chi connectivity index (χ2v) is 5.66. The van der Waals surface area contributed by atoms with E-state index in [9.17, 15) is 9.59 Å². The van der Waals surface area contributed by atoms with Gasteiger partial charge in [0, 0.05) is 37.2 Å². The Hall–Kier alpha value is -1.92. The predicted octanol–water partition coefficient (Wildman–Crippen LogP) is 2.26. The SMILES string of the molecule is CC(=O)c1cccc(NC(=O)N2CCC3(CC2)OCCO3)c1. The maximum Gasteiger partial charge on any atom is 0.321 e. The molecule has 0 radical (unpaired) electrons. The van der Waals surface area contributed by atoms with Crippen molar-refractivity contribution >= 4 is 17.5 Å². The standard InChI is InChI=1S/C16H20N2O4/c1-12(19)13-3-2-4-14(11-13)17-15(20)18-7-5-16(6-8-18)21-9-10-22-16/h2-4,11H,5-10H2,1H3,(H,17,20). The molecule has 2 saturated heterocycles. The minimum absolute atomic E-state index is 0.0217. The number of ether oxygens (including phenoxy) is 2. The molecule has 2 amide bonds. The Bertz CT molecular complexity index is 571. The van der Waals surface area contributed by atoms with Crippen molar-refractivity contribution in [1.82, 2.24) is 4.90 Å². The number of Topliss-reactive ketones (excluding diaryl/α,β-unsaturated/α-hetero) is 1. The first-order chi connectivity index (χ1) is 10.6. The number of urea groups is 1. The number of ketones is 1. The lowest BCUT2D eigenvalue weighted by atomic mass is 10.0. The van der Waals surface area contributed by atoms with Crippen molar-refractivity contribution in [1.29, 1.82) is 0 Å². The number of hydrogen-bond acceptors (Lipinski definition) is 4. The number of piperidine rings is 1. The zero-order valence-electron chi connectivity index (χ0n) is 12.6. The quantitative estimate of drug-likeness (QED) is 0.851. The molecular formula is C16H20N2O4. The van der Waals surface area contributed by atoms with Crippen molar-refractivity contribution < 1.29 is 19.1 Å². The van der Waals surface area contributed by atoms with Crippen LogP contribution >= 0.6 is 0 Å². The fraction of sp³-hybridized carbons (Fsp3) is 0.500. The van der Waals surface area contributed by atoms with E-state index in [0.29, 0.717) is 50.4 Å². The summed E-state index contributed by atoms with van der Waals surface area (Å²) in [6.07, 6.45) is 1.38. The maximum absolute atomic E-state index is 12.3. The van der Waals surface area contributed by atoms with Crippen molar-refractivity contribution in [3.63, 3.8) is 0 Å². The van der Waals surface area contributed by atoms with Crippen molar-refractivity contribution in [2.24, 2.45) is 0 Å². The summed E-state index contributed by atoms with van der Waals surface area (Å²) in [5.41, 5.74) is 1.22. The maximum atomic E-state index is 12.3. The van der Waals surface area contributed by atoms with Gasteiger partial charge in [0.25, 0.3) is 0 Å². The zero-order chi connectivity index (χ0) is 15.6. The average molecular weight is 304 g/mol. The normalized spacial score (nSPS) is 20.1. The van der Waals surface area contributed by atoms with Crippen molar-refractivity contribution in [3.05, 3.63) is 29.8 Å². The summed E-state index contributed by atoms with van der Waals surface area (Å²) in [5.74, 6) is -0.503. The number of carbonyl (C=O) groups excluding carboxylic acids is 2. The first-order valence-electron chi connectivity index (χ1n) is 7.53. The van der Waals surface area contributed by atoms with Gasteiger partial charge in [-0.05, 0) is 19.1 Å². The molecule has 6 nitrogen and oxygen atoms in total. The van der Waals surface area contributed by atoms with Crippen LogP contribution in [0.3, 0.4) is 0 Å². The van der Waals surface area contributed by atoms with Gasteiger partial charge >= 0.3 is 6.03 Å². The van der Waals surface area contributed by atoms with Crippen molar-refractivity contribution in [3.8, 4) is 0 Å². The zero-order valence-corrected chi connectivity index (χ0v) is 12.6. The summed E-state index contributed by atoms with van der Waals surface area (Å²) in [6.45, 7) is 3.96. The van der Waals surface area contributed by atoms with E-state index in [2.05, 4.69) is 5.32 Å². The third-order valence-corrected chi connectivity index (χ3v) is 4.15. The highest BCUT2D eigenvalue weighted by Crippen LogP contribution is 2.31. The topological polar surface area (TPSA) is 67.9 Å². The first kappa shape index (κ1) is 15.0. The number of carbonyl (C=O) groups is 2. The molecule has 3 rings (SSSR count).